The van der Waals surface area contributed by atoms with Gasteiger partial charge in [0.2, 0.25) is 0 Å². The lowest BCUT2D eigenvalue weighted by molar-refractivity contribution is -0.144. The van der Waals surface area contributed by atoms with Gasteiger partial charge in [-0.2, -0.15) is 0 Å². The van der Waals surface area contributed by atoms with Gasteiger partial charge in [0.1, 0.15) is 17.4 Å². The molecule has 1 fully saturated rings. The van der Waals surface area contributed by atoms with E-state index in [1.807, 2.05) is 11.8 Å². The van der Waals surface area contributed by atoms with Crippen LogP contribution in [0.15, 0.2) is 4.63 Å². The maximum absolute atomic E-state index is 11.1. The molecule has 1 aliphatic rings. The number of aliphatic carboxylic acids is 1. The molecule has 0 amide bonds. The predicted octanol–water partition coefficient (Wildman–Crippen LogP) is 0.817. The van der Waals surface area contributed by atoms with E-state index < -0.39 is 12.0 Å². The van der Waals surface area contributed by atoms with Crippen LogP contribution in [-0.4, -0.2) is 38.9 Å². The molecule has 6 heteroatoms. The Hall–Kier alpha value is -1.43. The van der Waals surface area contributed by atoms with Gasteiger partial charge < -0.3 is 5.11 Å². The van der Waals surface area contributed by atoms with Crippen molar-refractivity contribution in [1.82, 2.24) is 15.2 Å². The van der Waals surface area contributed by atoms with Crippen molar-refractivity contribution in [3.8, 4) is 0 Å². The number of hydrogen-bond donors (Lipinski definition) is 1. The van der Waals surface area contributed by atoms with Crippen molar-refractivity contribution >= 4 is 5.97 Å². The van der Waals surface area contributed by atoms with Gasteiger partial charge >= 0.3 is 5.97 Å². The number of aryl methyl sites for hydroxylation is 1. The number of piperidine rings is 1. The van der Waals surface area contributed by atoms with E-state index in [-0.39, 0.29) is 0 Å². The fourth-order valence-corrected chi connectivity index (χ4v) is 2.05. The molecule has 2 heterocycles. The Balaban J connectivity index is 2.07. The smallest absolute Gasteiger partial charge is 0.320 e. The minimum absolute atomic E-state index is 0.398. The Morgan fingerprint density at radius 3 is 3.00 bits per heavy atom. The average molecular weight is 225 g/mol. The second-order valence-corrected chi connectivity index (χ2v) is 4.12. The summed E-state index contributed by atoms with van der Waals surface area (Å²) in [6.45, 7) is 3.11. The van der Waals surface area contributed by atoms with Crippen LogP contribution in [0.5, 0.6) is 0 Å². The van der Waals surface area contributed by atoms with Crippen LogP contribution < -0.4 is 0 Å². The number of rotatable bonds is 3. The molecule has 0 bridgehead atoms. The third-order valence-electron chi connectivity index (χ3n) is 3.00. The number of likely N-dealkylation sites (tertiary alicyclic amines) is 1. The van der Waals surface area contributed by atoms with Crippen molar-refractivity contribution in [3.63, 3.8) is 0 Å². The second kappa shape index (κ2) is 4.61. The Morgan fingerprint density at radius 2 is 2.38 bits per heavy atom. The van der Waals surface area contributed by atoms with Gasteiger partial charge in [0.25, 0.3) is 0 Å². The van der Waals surface area contributed by atoms with Gasteiger partial charge in [-0.1, -0.05) is 16.7 Å². The van der Waals surface area contributed by atoms with E-state index in [2.05, 4.69) is 14.9 Å². The van der Waals surface area contributed by atoms with E-state index in [0.29, 0.717) is 13.0 Å². The zero-order chi connectivity index (χ0) is 11.5. The molecule has 0 aliphatic carbocycles. The van der Waals surface area contributed by atoms with Crippen LogP contribution in [0.3, 0.4) is 0 Å². The number of carboxylic acid groups (broad SMARTS) is 1. The Kier molecular flexibility index (Phi) is 3.19. The van der Waals surface area contributed by atoms with Gasteiger partial charge in [-0.3, -0.25) is 9.69 Å². The van der Waals surface area contributed by atoms with Crippen molar-refractivity contribution in [3.05, 3.63) is 11.4 Å². The quantitative estimate of drug-likeness (QED) is 0.820. The Labute approximate surface area is 93.2 Å². The molecule has 6 nitrogen and oxygen atoms in total. The summed E-state index contributed by atoms with van der Waals surface area (Å²) in [6, 6.07) is -0.398. The van der Waals surface area contributed by atoms with Crippen molar-refractivity contribution < 1.29 is 14.5 Å². The maximum atomic E-state index is 11.1. The van der Waals surface area contributed by atoms with Crippen LogP contribution in [0, 0.1) is 6.92 Å². The summed E-state index contributed by atoms with van der Waals surface area (Å²) in [5.41, 5.74) is 1.46. The standard InChI is InChI=1S/C10H15N3O3/c1-7-8(12-16-11-7)6-13-5-3-2-4-9(13)10(14)15/h9H,2-6H2,1H3,(H,14,15). The molecule has 1 unspecified atom stereocenters. The molecular formula is C10H15N3O3. The van der Waals surface area contributed by atoms with Crippen LogP contribution in [-0.2, 0) is 11.3 Å². The van der Waals surface area contributed by atoms with Gasteiger partial charge in [0.05, 0.1) is 0 Å². The van der Waals surface area contributed by atoms with Crippen molar-refractivity contribution in [2.24, 2.45) is 0 Å². The van der Waals surface area contributed by atoms with Crippen LogP contribution in [0.4, 0.5) is 0 Å². The Morgan fingerprint density at radius 1 is 1.56 bits per heavy atom. The van der Waals surface area contributed by atoms with E-state index in [4.69, 9.17) is 5.11 Å². The van der Waals surface area contributed by atoms with Gasteiger partial charge in [-0.05, 0) is 26.3 Å². The van der Waals surface area contributed by atoms with E-state index >= 15 is 0 Å². The first-order chi connectivity index (χ1) is 7.68. The highest BCUT2D eigenvalue weighted by Crippen LogP contribution is 2.19. The molecule has 0 radical (unpaired) electrons. The van der Waals surface area contributed by atoms with Crippen LogP contribution >= 0.6 is 0 Å². The van der Waals surface area contributed by atoms with Crippen molar-refractivity contribution in [2.45, 2.75) is 38.8 Å². The molecular weight excluding hydrogens is 210 g/mol. The molecule has 1 aromatic heterocycles. The predicted molar refractivity (Wildman–Crippen MR) is 54.7 cm³/mol. The minimum Gasteiger partial charge on any atom is -0.480 e. The minimum atomic E-state index is -0.756. The summed E-state index contributed by atoms with van der Waals surface area (Å²) >= 11 is 0. The van der Waals surface area contributed by atoms with Gasteiger partial charge in [-0.25, -0.2) is 4.63 Å². The molecule has 2 rings (SSSR count). The molecule has 1 aromatic rings. The lowest BCUT2D eigenvalue weighted by Gasteiger charge is -2.32. The number of carbonyl (C=O) groups is 1. The highest BCUT2D eigenvalue weighted by atomic mass is 16.6. The first-order valence-corrected chi connectivity index (χ1v) is 5.43. The van der Waals surface area contributed by atoms with Crippen LogP contribution in [0.25, 0.3) is 0 Å². The highest BCUT2D eigenvalue weighted by molar-refractivity contribution is 5.73. The zero-order valence-corrected chi connectivity index (χ0v) is 9.22. The SMILES string of the molecule is Cc1nonc1CN1CCCCC1C(=O)O. The van der Waals surface area contributed by atoms with Crippen molar-refractivity contribution in [2.75, 3.05) is 6.54 Å². The summed E-state index contributed by atoms with van der Waals surface area (Å²) in [4.78, 5) is 13.0. The fraction of sp³-hybridized carbons (Fsp3) is 0.700. The van der Waals surface area contributed by atoms with Crippen LogP contribution in [0.1, 0.15) is 30.7 Å². The molecule has 1 saturated heterocycles. The van der Waals surface area contributed by atoms with E-state index in [1.54, 1.807) is 0 Å². The number of carboxylic acids is 1. The lowest BCUT2D eigenvalue weighted by Crippen LogP contribution is -2.44. The van der Waals surface area contributed by atoms with Gasteiger partial charge in [-0.15, -0.1) is 0 Å². The first kappa shape index (κ1) is 11.1. The average Bonchev–Trinajstić information content (AvgIpc) is 2.65. The lowest BCUT2D eigenvalue weighted by atomic mass is 10.0. The van der Waals surface area contributed by atoms with Gasteiger partial charge in [0.15, 0.2) is 0 Å². The summed E-state index contributed by atoms with van der Waals surface area (Å²) in [5.74, 6) is -0.756. The highest BCUT2D eigenvalue weighted by Gasteiger charge is 2.29. The molecule has 1 aliphatic heterocycles. The summed E-state index contributed by atoms with van der Waals surface area (Å²) in [5, 5.41) is 16.6. The van der Waals surface area contributed by atoms with E-state index in [0.717, 1.165) is 30.8 Å². The van der Waals surface area contributed by atoms with E-state index in [9.17, 15) is 4.79 Å². The molecule has 1 atom stereocenters. The molecule has 0 aromatic carbocycles. The Bertz CT molecular complexity index is 377. The topological polar surface area (TPSA) is 79.5 Å². The van der Waals surface area contributed by atoms with Gasteiger partial charge in [0, 0.05) is 6.54 Å². The molecule has 1 N–H and O–H groups in total. The molecule has 0 saturated carbocycles. The largest absolute Gasteiger partial charge is 0.480 e. The molecule has 0 spiro atoms. The van der Waals surface area contributed by atoms with Crippen LogP contribution in [0.2, 0.25) is 0 Å². The molecule has 16 heavy (non-hydrogen) atoms. The van der Waals surface area contributed by atoms with E-state index in [1.165, 1.54) is 0 Å². The normalized spacial score (nSPS) is 22.2. The number of nitrogens with zero attached hydrogens (tertiary/aromatic N) is 3. The monoisotopic (exact) mass is 225 g/mol. The first-order valence-electron chi connectivity index (χ1n) is 5.43. The maximum Gasteiger partial charge on any atom is 0.320 e. The van der Waals surface area contributed by atoms with Crippen molar-refractivity contribution in [1.29, 1.82) is 0 Å². The summed E-state index contributed by atoms with van der Waals surface area (Å²) < 4.78 is 4.61. The number of aromatic nitrogens is 2. The third kappa shape index (κ3) is 2.21. The third-order valence-corrected chi connectivity index (χ3v) is 3.00. The fourth-order valence-electron chi connectivity index (χ4n) is 2.05. The summed E-state index contributed by atoms with van der Waals surface area (Å²) in [6.07, 6.45) is 2.72. The number of hydrogen-bond acceptors (Lipinski definition) is 5. The second-order valence-electron chi connectivity index (χ2n) is 4.12. The zero-order valence-electron chi connectivity index (χ0n) is 9.22. The molecule has 88 valence electrons. The summed E-state index contributed by atoms with van der Waals surface area (Å²) in [7, 11) is 0.